The highest BCUT2D eigenvalue weighted by Crippen LogP contribution is 2.48. The van der Waals surface area contributed by atoms with E-state index in [4.69, 9.17) is 4.74 Å². The standard InChI is InChI=1S/C27H20F3N5O5/c28-27(29,30)15-4-1-13(2-5-15)23(36)17-7-10-20(34-33-17)32-24(37)14-3-6-16(31-11-14)12-35-25(38)21-18-8-9-19(40-18)22(21)26(35)39/h1-7,10-11,18-19,21-22H,8-9,12H2,(H,32,34,37). The van der Waals surface area contributed by atoms with Crippen molar-refractivity contribution in [3.8, 4) is 0 Å². The molecule has 4 unspecified atom stereocenters. The number of carbonyl (C=O) groups is 4. The van der Waals surface area contributed by atoms with Crippen LogP contribution in [0.5, 0.6) is 0 Å². The molecular formula is C27H20F3N5O5. The molecule has 1 N–H and O–H groups in total. The van der Waals surface area contributed by atoms with E-state index in [2.05, 4.69) is 20.5 Å². The molecule has 2 bridgehead atoms. The maximum absolute atomic E-state index is 12.8. The topological polar surface area (TPSA) is 131 Å². The molecule has 40 heavy (non-hydrogen) atoms. The molecule has 204 valence electrons. The Morgan fingerprint density at radius 1 is 0.900 bits per heavy atom. The summed E-state index contributed by atoms with van der Waals surface area (Å²) in [6, 6.07) is 9.39. The van der Waals surface area contributed by atoms with Gasteiger partial charge in [-0.1, -0.05) is 12.1 Å². The number of alkyl halides is 3. The van der Waals surface area contributed by atoms with Crippen LogP contribution in [0, 0.1) is 11.8 Å². The van der Waals surface area contributed by atoms with E-state index in [1.54, 1.807) is 6.07 Å². The number of carbonyl (C=O) groups excluding carboxylic acids is 4. The number of hydrogen-bond acceptors (Lipinski definition) is 8. The maximum atomic E-state index is 12.8. The summed E-state index contributed by atoms with van der Waals surface area (Å²) in [7, 11) is 0. The number of amides is 3. The van der Waals surface area contributed by atoms with Gasteiger partial charge in [-0.3, -0.25) is 29.1 Å². The fourth-order valence-corrected chi connectivity index (χ4v) is 5.41. The summed E-state index contributed by atoms with van der Waals surface area (Å²) in [5.74, 6) is -2.49. The van der Waals surface area contributed by atoms with E-state index in [-0.39, 0.29) is 53.2 Å². The molecule has 0 spiro atoms. The zero-order valence-electron chi connectivity index (χ0n) is 20.6. The zero-order chi connectivity index (χ0) is 28.2. The number of rotatable bonds is 6. The summed E-state index contributed by atoms with van der Waals surface area (Å²) >= 11 is 0. The number of pyridine rings is 1. The minimum absolute atomic E-state index is 0.00586. The van der Waals surface area contributed by atoms with E-state index in [0.717, 1.165) is 37.1 Å². The first-order valence-electron chi connectivity index (χ1n) is 12.4. The molecule has 3 aliphatic heterocycles. The molecule has 3 fully saturated rings. The van der Waals surface area contributed by atoms with Gasteiger partial charge in [0.2, 0.25) is 17.6 Å². The summed E-state index contributed by atoms with van der Waals surface area (Å²) in [5, 5.41) is 10.1. The van der Waals surface area contributed by atoms with Crippen molar-refractivity contribution in [1.82, 2.24) is 20.1 Å². The van der Waals surface area contributed by atoms with Crippen molar-refractivity contribution in [2.75, 3.05) is 5.32 Å². The highest BCUT2D eigenvalue weighted by atomic mass is 19.4. The Kier molecular flexibility index (Phi) is 6.17. The van der Waals surface area contributed by atoms with Crippen LogP contribution < -0.4 is 5.32 Å². The zero-order valence-corrected chi connectivity index (χ0v) is 20.6. The highest BCUT2D eigenvalue weighted by Gasteiger charge is 2.62. The van der Waals surface area contributed by atoms with E-state index >= 15 is 0 Å². The number of aromatic nitrogens is 3. The lowest BCUT2D eigenvalue weighted by Crippen LogP contribution is -2.34. The largest absolute Gasteiger partial charge is 0.416 e. The van der Waals surface area contributed by atoms with Crippen LogP contribution in [0.15, 0.2) is 54.7 Å². The van der Waals surface area contributed by atoms with Gasteiger partial charge in [0.1, 0.15) is 5.69 Å². The third-order valence-corrected chi connectivity index (χ3v) is 7.40. The normalized spacial score (nSPS) is 23.4. The van der Waals surface area contributed by atoms with Crippen LogP contribution in [-0.4, -0.2) is 55.8 Å². The Hall–Kier alpha value is -4.52. The number of fused-ring (bicyclic) bond motifs is 5. The minimum atomic E-state index is -4.52. The molecule has 1 aromatic carbocycles. The summed E-state index contributed by atoms with van der Waals surface area (Å²) in [6.07, 6.45) is -2.05. The lowest BCUT2D eigenvalue weighted by molar-refractivity contribution is -0.143. The van der Waals surface area contributed by atoms with Crippen LogP contribution >= 0.6 is 0 Å². The highest BCUT2D eigenvalue weighted by molar-refractivity contribution is 6.08. The number of likely N-dealkylation sites (tertiary alicyclic amines) is 1. The summed E-state index contributed by atoms with van der Waals surface area (Å²) < 4.78 is 43.9. The van der Waals surface area contributed by atoms with Crippen molar-refractivity contribution in [2.45, 2.75) is 37.8 Å². The molecule has 3 aliphatic rings. The molecular weight excluding hydrogens is 531 g/mol. The second kappa shape index (κ2) is 9.59. The number of ketones is 1. The summed E-state index contributed by atoms with van der Waals surface area (Å²) in [5.41, 5.74) is -0.363. The molecule has 10 nitrogen and oxygen atoms in total. The fourth-order valence-electron chi connectivity index (χ4n) is 5.41. The van der Waals surface area contributed by atoms with Gasteiger partial charge in [0, 0.05) is 11.8 Å². The van der Waals surface area contributed by atoms with Gasteiger partial charge in [-0.05, 0) is 49.2 Å². The van der Waals surface area contributed by atoms with Gasteiger partial charge in [0.25, 0.3) is 5.91 Å². The molecule has 3 saturated heterocycles. The Labute approximate surface area is 224 Å². The number of imide groups is 1. The van der Waals surface area contributed by atoms with Gasteiger partial charge in [0.05, 0.1) is 47.4 Å². The van der Waals surface area contributed by atoms with Crippen LogP contribution in [0.2, 0.25) is 0 Å². The fraction of sp³-hybridized carbons (Fsp3) is 0.296. The number of nitrogens with zero attached hydrogens (tertiary/aromatic N) is 4. The smallest absolute Gasteiger partial charge is 0.373 e. The van der Waals surface area contributed by atoms with Crippen molar-refractivity contribution < 1.29 is 37.1 Å². The van der Waals surface area contributed by atoms with E-state index in [1.807, 2.05) is 0 Å². The Morgan fingerprint density at radius 2 is 1.55 bits per heavy atom. The minimum Gasteiger partial charge on any atom is -0.373 e. The molecule has 0 radical (unpaired) electrons. The second-order valence-electron chi connectivity index (χ2n) is 9.80. The van der Waals surface area contributed by atoms with E-state index in [1.165, 1.54) is 29.3 Å². The first-order chi connectivity index (χ1) is 19.1. The number of benzene rings is 1. The Bertz CT molecular complexity index is 1480. The van der Waals surface area contributed by atoms with Gasteiger partial charge < -0.3 is 10.1 Å². The molecule has 0 aliphatic carbocycles. The maximum Gasteiger partial charge on any atom is 0.416 e. The predicted molar refractivity (Wildman–Crippen MR) is 130 cm³/mol. The lowest BCUT2D eigenvalue weighted by atomic mass is 9.81. The quantitative estimate of drug-likeness (QED) is 0.365. The molecule has 6 rings (SSSR count). The predicted octanol–water partition coefficient (Wildman–Crippen LogP) is 3.04. The number of halogens is 3. The molecule has 3 amide bonds. The Balaban J connectivity index is 1.06. The van der Waals surface area contributed by atoms with Crippen LogP contribution in [0.4, 0.5) is 19.0 Å². The van der Waals surface area contributed by atoms with Gasteiger partial charge >= 0.3 is 6.18 Å². The van der Waals surface area contributed by atoms with E-state index in [9.17, 15) is 32.3 Å². The lowest BCUT2D eigenvalue weighted by Gasteiger charge is -2.17. The SMILES string of the molecule is O=C(Nc1ccc(C(=O)c2ccc(C(F)(F)F)cc2)nn1)c1ccc(CN2C(=O)C3C4CCC(O4)C3C2=O)nc1. The first-order valence-corrected chi connectivity index (χ1v) is 12.4. The number of nitrogens with one attached hydrogen (secondary N) is 1. The van der Waals surface area contributed by atoms with Gasteiger partial charge in [-0.15, -0.1) is 10.2 Å². The third-order valence-electron chi connectivity index (χ3n) is 7.40. The molecule has 13 heteroatoms. The van der Waals surface area contributed by atoms with Crippen molar-refractivity contribution in [2.24, 2.45) is 11.8 Å². The number of hydrogen-bond donors (Lipinski definition) is 1. The first kappa shape index (κ1) is 25.7. The van der Waals surface area contributed by atoms with Crippen molar-refractivity contribution >= 4 is 29.3 Å². The average Bonchev–Trinajstić information content (AvgIpc) is 3.63. The molecule has 4 atom stereocenters. The van der Waals surface area contributed by atoms with E-state index < -0.39 is 35.3 Å². The molecule has 3 aromatic rings. The van der Waals surface area contributed by atoms with Crippen LogP contribution in [-0.2, 0) is 27.0 Å². The van der Waals surface area contributed by atoms with Crippen molar-refractivity contribution in [3.63, 3.8) is 0 Å². The van der Waals surface area contributed by atoms with E-state index in [0.29, 0.717) is 5.69 Å². The van der Waals surface area contributed by atoms with Crippen molar-refractivity contribution in [1.29, 1.82) is 0 Å². The van der Waals surface area contributed by atoms with Crippen molar-refractivity contribution in [3.05, 3.63) is 82.8 Å². The van der Waals surface area contributed by atoms with Crippen LogP contribution in [0.3, 0.4) is 0 Å². The number of ether oxygens (including phenoxy) is 1. The van der Waals surface area contributed by atoms with Gasteiger partial charge in [-0.25, -0.2) is 0 Å². The third kappa shape index (κ3) is 4.51. The summed E-state index contributed by atoms with van der Waals surface area (Å²) in [6.45, 7) is 0.00586. The van der Waals surface area contributed by atoms with Gasteiger partial charge in [-0.2, -0.15) is 13.2 Å². The van der Waals surface area contributed by atoms with Gasteiger partial charge in [0.15, 0.2) is 5.82 Å². The van der Waals surface area contributed by atoms with Crippen LogP contribution in [0.1, 0.15) is 50.5 Å². The summed E-state index contributed by atoms with van der Waals surface area (Å²) in [4.78, 5) is 56.2. The van der Waals surface area contributed by atoms with Crippen LogP contribution in [0.25, 0.3) is 0 Å². The average molecular weight is 551 g/mol. The second-order valence-corrected chi connectivity index (χ2v) is 9.80. The molecule has 0 saturated carbocycles. The molecule has 2 aromatic heterocycles. The Morgan fingerprint density at radius 3 is 2.10 bits per heavy atom. The monoisotopic (exact) mass is 551 g/mol. The number of anilines is 1. The molecule has 5 heterocycles.